The van der Waals surface area contributed by atoms with E-state index in [9.17, 15) is 24.5 Å². The molecule has 0 heterocycles. The quantitative estimate of drug-likeness (QED) is 0.276. The Balaban J connectivity index is 1.71. The molecule has 8 heteroatoms. The predicted molar refractivity (Wildman–Crippen MR) is 109 cm³/mol. The number of Topliss-reactive ketones (excluding diaryl/α,β-unsaturated/α-hetero) is 1. The number of nitro benzene ring substituents is 1. The molecule has 0 fully saturated rings. The van der Waals surface area contributed by atoms with Crippen molar-refractivity contribution in [3.8, 4) is 0 Å². The maximum atomic E-state index is 12.5. The molecule has 3 aromatic rings. The van der Waals surface area contributed by atoms with Crippen LogP contribution in [0.5, 0.6) is 0 Å². The highest BCUT2D eigenvalue weighted by molar-refractivity contribution is 6.08. The number of nitro groups is 1. The number of ether oxygens (including phenoxy) is 1. The molecule has 0 saturated heterocycles. The number of para-hydroxylation sites is 1. The highest BCUT2D eigenvalue weighted by Gasteiger charge is 2.18. The second-order valence-corrected chi connectivity index (χ2v) is 6.17. The number of non-ortho nitro benzene ring substituents is 1. The highest BCUT2D eigenvalue weighted by atomic mass is 16.6. The molecule has 0 aliphatic carbocycles. The van der Waals surface area contributed by atoms with Gasteiger partial charge < -0.3 is 10.1 Å². The van der Waals surface area contributed by atoms with Crippen LogP contribution in [-0.2, 0) is 4.74 Å². The van der Waals surface area contributed by atoms with Crippen molar-refractivity contribution in [3.05, 3.63) is 106 Å². The van der Waals surface area contributed by atoms with E-state index in [0.717, 1.165) is 6.07 Å². The molecule has 150 valence electrons. The molecule has 3 aromatic carbocycles. The Morgan fingerprint density at radius 1 is 0.867 bits per heavy atom. The van der Waals surface area contributed by atoms with Crippen LogP contribution in [0.15, 0.2) is 78.9 Å². The van der Waals surface area contributed by atoms with Gasteiger partial charge in [0, 0.05) is 23.3 Å². The number of nitrogens with zero attached hydrogens (tertiary/aromatic N) is 1. The van der Waals surface area contributed by atoms with Crippen molar-refractivity contribution in [2.75, 3.05) is 11.9 Å². The minimum Gasteiger partial charge on any atom is -0.454 e. The maximum absolute atomic E-state index is 12.5. The lowest BCUT2D eigenvalue weighted by atomic mass is 10.1. The van der Waals surface area contributed by atoms with Gasteiger partial charge in [0.15, 0.2) is 12.4 Å². The number of hydrogen-bond acceptors (Lipinski definition) is 6. The molecule has 0 spiro atoms. The monoisotopic (exact) mass is 404 g/mol. The summed E-state index contributed by atoms with van der Waals surface area (Å²) in [7, 11) is 0. The molecule has 1 N–H and O–H groups in total. The lowest BCUT2D eigenvalue weighted by Crippen LogP contribution is -2.18. The molecule has 0 radical (unpaired) electrons. The molecule has 0 aliphatic heterocycles. The Morgan fingerprint density at radius 2 is 1.53 bits per heavy atom. The Bertz CT molecular complexity index is 1110. The molecule has 3 rings (SSSR count). The molecule has 0 bridgehead atoms. The summed E-state index contributed by atoms with van der Waals surface area (Å²) in [5.41, 5.74) is 0.460. The van der Waals surface area contributed by atoms with Crippen molar-refractivity contribution in [2.45, 2.75) is 0 Å². The normalized spacial score (nSPS) is 10.1. The average Bonchev–Trinajstić information content (AvgIpc) is 2.78. The Morgan fingerprint density at radius 3 is 2.27 bits per heavy atom. The molecule has 0 unspecified atom stereocenters. The molecular weight excluding hydrogens is 388 g/mol. The van der Waals surface area contributed by atoms with Crippen molar-refractivity contribution in [1.82, 2.24) is 0 Å². The second-order valence-electron chi connectivity index (χ2n) is 6.17. The first-order chi connectivity index (χ1) is 14.5. The van der Waals surface area contributed by atoms with E-state index in [0.29, 0.717) is 5.56 Å². The second kappa shape index (κ2) is 9.24. The van der Waals surface area contributed by atoms with Crippen molar-refractivity contribution in [3.63, 3.8) is 0 Å². The number of carbonyl (C=O) groups is 3. The minimum atomic E-state index is -0.783. The van der Waals surface area contributed by atoms with Crippen molar-refractivity contribution >= 4 is 29.0 Å². The first-order valence-corrected chi connectivity index (χ1v) is 8.86. The number of nitrogens with one attached hydrogen (secondary N) is 1. The van der Waals surface area contributed by atoms with Crippen LogP contribution < -0.4 is 5.32 Å². The summed E-state index contributed by atoms with van der Waals surface area (Å²) in [5.74, 6) is -1.77. The van der Waals surface area contributed by atoms with Gasteiger partial charge in [-0.1, -0.05) is 48.5 Å². The Labute approximate surface area is 171 Å². The summed E-state index contributed by atoms with van der Waals surface area (Å²) < 4.78 is 5.09. The van der Waals surface area contributed by atoms with Crippen molar-refractivity contribution in [1.29, 1.82) is 0 Å². The van der Waals surface area contributed by atoms with Crippen LogP contribution >= 0.6 is 0 Å². The first-order valence-electron chi connectivity index (χ1n) is 8.86. The van der Waals surface area contributed by atoms with Crippen molar-refractivity contribution in [2.24, 2.45) is 0 Å². The van der Waals surface area contributed by atoms with E-state index in [1.165, 1.54) is 30.3 Å². The topological polar surface area (TPSA) is 116 Å². The van der Waals surface area contributed by atoms with Crippen LogP contribution in [0.4, 0.5) is 11.4 Å². The van der Waals surface area contributed by atoms with E-state index in [1.54, 1.807) is 42.5 Å². The summed E-state index contributed by atoms with van der Waals surface area (Å²) in [6.45, 7) is -0.448. The van der Waals surface area contributed by atoms with Gasteiger partial charge in [0.05, 0.1) is 16.2 Å². The van der Waals surface area contributed by atoms with Crippen LogP contribution in [0.1, 0.15) is 31.1 Å². The van der Waals surface area contributed by atoms with Gasteiger partial charge in [-0.15, -0.1) is 0 Å². The minimum absolute atomic E-state index is 0.0529. The van der Waals surface area contributed by atoms with E-state index in [4.69, 9.17) is 4.74 Å². The molecule has 8 nitrogen and oxygen atoms in total. The number of esters is 1. The fourth-order valence-corrected chi connectivity index (χ4v) is 2.64. The Kier molecular flexibility index (Phi) is 6.29. The first kappa shape index (κ1) is 20.4. The molecule has 30 heavy (non-hydrogen) atoms. The maximum Gasteiger partial charge on any atom is 0.340 e. The van der Waals surface area contributed by atoms with Crippen LogP contribution in [0, 0.1) is 10.1 Å². The Hall–Kier alpha value is -4.33. The third-order valence-electron chi connectivity index (χ3n) is 4.14. The average molecular weight is 404 g/mol. The van der Waals surface area contributed by atoms with Gasteiger partial charge in [-0.05, 0) is 18.2 Å². The number of carbonyl (C=O) groups excluding carboxylic acids is 3. The van der Waals surface area contributed by atoms with Crippen LogP contribution in [0.3, 0.4) is 0 Å². The van der Waals surface area contributed by atoms with Gasteiger partial charge in [0.1, 0.15) is 0 Å². The van der Waals surface area contributed by atoms with E-state index in [1.807, 2.05) is 0 Å². The number of amides is 1. The zero-order valence-corrected chi connectivity index (χ0v) is 15.6. The molecule has 0 saturated carbocycles. The number of ketones is 1. The summed E-state index contributed by atoms with van der Waals surface area (Å²) in [6.07, 6.45) is 0. The summed E-state index contributed by atoms with van der Waals surface area (Å²) in [5, 5.41) is 13.4. The van der Waals surface area contributed by atoms with E-state index < -0.39 is 23.4 Å². The number of anilines is 1. The van der Waals surface area contributed by atoms with Gasteiger partial charge in [-0.2, -0.15) is 0 Å². The lowest BCUT2D eigenvalue weighted by Gasteiger charge is -2.11. The smallest absolute Gasteiger partial charge is 0.340 e. The molecule has 0 aromatic heterocycles. The predicted octanol–water partition coefficient (Wildman–Crippen LogP) is 3.89. The van der Waals surface area contributed by atoms with Gasteiger partial charge >= 0.3 is 5.97 Å². The standard InChI is InChI=1S/C22H16N2O6/c25-20(15-7-2-1-3-8-15)14-30-22(27)18-11-4-5-12-19(18)23-21(26)16-9-6-10-17(13-16)24(28)29/h1-13H,14H2,(H,23,26). The van der Waals surface area contributed by atoms with Gasteiger partial charge in [-0.25, -0.2) is 4.79 Å². The summed E-state index contributed by atoms with van der Waals surface area (Å²) >= 11 is 0. The fraction of sp³-hybridized carbons (Fsp3) is 0.0455. The zero-order chi connectivity index (χ0) is 21.5. The molecule has 1 amide bonds. The third kappa shape index (κ3) is 4.93. The van der Waals surface area contributed by atoms with Gasteiger partial charge in [-0.3, -0.25) is 19.7 Å². The summed E-state index contributed by atoms with van der Waals surface area (Å²) in [6, 6.07) is 19.7. The van der Waals surface area contributed by atoms with Crippen LogP contribution in [0.2, 0.25) is 0 Å². The van der Waals surface area contributed by atoms with Gasteiger partial charge in [0.2, 0.25) is 0 Å². The fourth-order valence-electron chi connectivity index (χ4n) is 2.64. The van der Waals surface area contributed by atoms with Crippen molar-refractivity contribution < 1.29 is 24.0 Å². The van der Waals surface area contributed by atoms with E-state index in [2.05, 4.69) is 5.32 Å². The van der Waals surface area contributed by atoms with Crippen LogP contribution in [-0.4, -0.2) is 29.2 Å². The number of hydrogen-bond donors (Lipinski definition) is 1. The zero-order valence-electron chi connectivity index (χ0n) is 15.6. The molecular formula is C22H16N2O6. The molecule has 0 atom stereocenters. The molecule has 0 aliphatic rings. The van der Waals surface area contributed by atoms with E-state index in [-0.39, 0.29) is 28.3 Å². The third-order valence-corrected chi connectivity index (χ3v) is 4.14. The largest absolute Gasteiger partial charge is 0.454 e. The van der Waals surface area contributed by atoms with Gasteiger partial charge in [0.25, 0.3) is 11.6 Å². The van der Waals surface area contributed by atoms with E-state index >= 15 is 0 Å². The number of rotatable bonds is 7. The highest BCUT2D eigenvalue weighted by Crippen LogP contribution is 2.19. The lowest BCUT2D eigenvalue weighted by molar-refractivity contribution is -0.384. The SMILES string of the molecule is O=C(COC(=O)c1ccccc1NC(=O)c1cccc([N+](=O)[O-])c1)c1ccccc1. The number of benzene rings is 3. The summed E-state index contributed by atoms with van der Waals surface area (Å²) in [4.78, 5) is 47.3. The van der Waals surface area contributed by atoms with Crippen LogP contribution in [0.25, 0.3) is 0 Å².